The topological polar surface area (TPSA) is 122 Å². The third-order valence-electron chi connectivity index (χ3n) is 5.75. The number of nitrogens with two attached hydrogens (primary N) is 1. The summed E-state index contributed by atoms with van der Waals surface area (Å²) in [6, 6.07) is 8.59. The van der Waals surface area contributed by atoms with Gasteiger partial charge in [0.25, 0.3) is 0 Å². The van der Waals surface area contributed by atoms with E-state index in [0.717, 1.165) is 47.0 Å². The second-order valence-corrected chi connectivity index (χ2v) is 8.70. The maximum atomic E-state index is 11.3. The van der Waals surface area contributed by atoms with Crippen molar-refractivity contribution in [2.24, 2.45) is 11.7 Å². The smallest absolute Gasteiger partial charge is 0.314 e. The number of primary amides is 1. The number of hydrogen-bond donors (Lipinski definition) is 3. The molecule has 4 aromatic rings. The molecule has 0 bridgehead atoms. The first-order chi connectivity index (χ1) is 15.6. The Labute approximate surface area is 188 Å². The van der Waals surface area contributed by atoms with Crippen LogP contribution in [0.25, 0.3) is 27.6 Å². The van der Waals surface area contributed by atoms with Gasteiger partial charge in [0.2, 0.25) is 5.95 Å². The number of phenols is 1. The summed E-state index contributed by atoms with van der Waals surface area (Å²) in [4.78, 5) is 27.8. The molecule has 9 nitrogen and oxygen atoms in total. The molecule has 1 saturated heterocycles. The maximum absolute atomic E-state index is 11.3. The Hall–Kier alpha value is -3.66. The fraction of sp³-hybridized carbons (Fsp3) is 0.273. The van der Waals surface area contributed by atoms with E-state index < -0.39 is 0 Å². The molecule has 1 aliphatic rings. The van der Waals surface area contributed by atoms with Crippen molar-refractivity contribution in [3.05, 3.63) is 48.1 Å². The number of carbonyl (C=O) groups excluding carboxylic acids is 1. The van der Waals surface area contributed by atoms with E-state index in [9.17, 15) is 9.90 Å². The number of phenolic OH excluding ortho intramolecular Hbond substituents is 1. The van der Waals surface area contributed by atoms with Crippen LogP contribution in [0.2, 0.25) is 0 Å². The number of benzene rings is 1. The third-order valence-corrected chi connectivity index (χ3v) is 6.51. The zero-order valence-electron chi connectivity index (χ0n) is 17.3. The lowest BCUT2D eigenvalue weighted by Gasteiger charge is -2.30. The zero-order chi connectivity index (χ0) is 22.1. The summed E-state index contributed by atoms with van der Waals surface area (Å²) in [7, 11) is 0. The molecule has 10 heteroatoms. The molecule has 3 aromatic heterocycles. The average molecular weight is 450 g/mol. The lowest BCUT2D eigenvalue weighted by molar-refractivity contribution is 0.181. The van der Waals surface area contributed by atoms with Crippen molar-refractivity contribution in [3.8, 4) is 28.4 Å². The Morgan fingerprint density at radius 1 is 1.25 bits per heavy atom. The molecule has 164 valence electrons. The molecule has 1 aromatic carbocycles. The Morgan fingerprint density at radius 2 is 2.09 bits per heavy atom. The third kappa shape index (κ3) is 3.96. The average Bonchev–Trinajstić information content (AvgIpc) is 3.39. The van der Waals surface area contributed by atoms with E-state index in [2.05, 4.69) is 10.3 Å². The minimum absolute atomic E-state index is 0.192. The SMILES string of the molecule is NC(=O)N1CCC(CNc2nccc(-c3c(-c4cccc(O)c4)nc4sccn34)n2)CC1. The van der Waals surface area contributed by atoms with Crippen molar-refractivity contribution >= 4 is 28.3 Å². The van der Waals surface area contributed by atoms with E-state index in [1.165, 1.54) is 0 Å². The normalized spacial score (nSPS) is 14.7. The summed E-state index contributed by atoms with van der Waals surface area (Å²) in [5.41, 5.74) is 8.55. The summed E-state index contributed by atoms with van der Waals surface area (Å²) >= 11 is 1.54. The predicted octanol–water partition coefficient (Wildman–Crippen LogP) is 3.43. The van der Waals surface area contributed by atoms with Crippen LogP contribution in [0.5, 0.6) is 5.75 Å². The summed E-state index contributed by atoms with van der Waals surface area (Å²) in [5.74, 6) is 1.17. The Bertz CT molecular complexity index is 1260. The van der Waals surface area contributed by atoms with Crippen molar-refractivity contribution in [1.82, 2.24) is 24.3 Å². The van der Waals surface area contributed by atoms with Gasteiger partial charge in [-0.2, -0.15) is 0 Å². The Morgan fingerprint density at radius 3 is 2.88 bits per heavy atom. The van der Waals surface area contributed by atoms with Crippen LogP contribution in [0.1, 0.15) is 12.8 Å². The first-order valence-electron chi connectivity index (χ1n) is 10.4. The van der Waals surface area contributed by atoms with Gasteiger partial charge in [-0.15, -0.1) is 11.3 Å². The number of piperidine rings is 1. The second-order valence-electron chi connectivity index (χ2n) is 7.83. The number of nitrogens with one attached hydrogen (secondary N) is 1. The number of imidazole rings is 1. The fourth-order valence-electron chi connectivity index (χ4n) is 4.05. The molecular weight excluding hydrogens is 426 g/mol. The summed E-state index contributed by atoms with van der Waals surface area (Å²) in [6.07, 6.45) is 5.50. The first-order valence-corrected chi connectivity index (χ1v) is 11.3. The number of anilines is 1. The number of aromatic hydroxyl groups is 1. The van der Waals surface area contributed by atoms with Crippen LogP contribution in [-0.4, -0.2) is 55.0 Å². The molecule has 5 rings (SSSR count). The highest BCUT2D eigenvalue weighted by molar-refractivity contribution is 7.15. The van der Waals surface area contributed by atoms with Gasteiger partial charge in [-0.05, 0) is 37.0 Å². The van der Waals surface area contributed by atoms with Gasteiger partial charge in [0, 0.05) is 43.0 Å². The van der Waals surface area contributed by atoms with Crippen LogP contribution in [0, 0.1) is 5.92 Å². The molecule has 0 aliphatic carbocycles. The van der Waals surface area contributed by atoms with E-state index in [1.54, 1.807) is 40.6 Å². The fourth-order valence-corrected chi connectivity index (χ4v) is 4.77. The largest absolute Gasteiger partial charge is 0.508 e. The van der Waals surface area contributed by atoms with E-state index in [-0.39, 0.29) is 11.8 Å². The lowest BCUT2D eigenvalue weighted by Crippen LogP contribution is -2.42. The number of rotatable bonds is 5. The standard InChI is InChI=1S/C22H23N7O2S/c23-20(31)28-8-5-14(6-9-28)13-25-21-24-7-4-17(26-21)19-18(15-2-1-3-16(30)12-15)27-22-29(19)10-11-32-22/h1-4,7,10-12,14,30H,5-6,8-9,13H2,(H2,23,31)(H,24,25,26). The van der Waals surface area contributed by atoms with Crippen molar-refractivity contribution in [2.75, 3.05) is 25.0 Å². The predicted molar refractivity (Wildman–Crippen MR) is 124 cm³/mol. The monoisotopic (exact) mass is 449 g/mol. The number of fused-ring (bicyclic) bond motifs is 1. The number of thiazole rings is 1. The number of hydrogen-bond acceptors (Lipinski definition) is 7. The molecule has 0 atom stereocenters. The van der Waals surface area contributed by atoms with E-state index in [1.807, 2.05) is 28.1 Å². The molecule has 4 N–H and O–H groups in total. The lowest BCUT2D eigenvalue weighted by atomic mass is 9.97. The van der Waals surface area contributed by atoms with Gasteiger partial charge < -0.3 is 21.1 Å². The minimum Gasteiger partial charge on any atom is -0.508 e. The van der Waals surface area contributed by atoms with Crippen LogP contribution in [-0.2, 0) is 0 Å². The zero-order valence-corrected chi connectivity index (χ0v) is 18.1. The van der Waals surface area contributed by atoms with Gasteiger partial charge in [-0.1, -0.05) is 12.1 Å². The molecule has 1 fully saturated rings. The first kappa shape index (κ1) is 20.3. The maximum Gasteiger partial charge on any atom is 0.314 e. The summed E-state index contributed by atoms with van der Waals surface area (Å²) in [5, 5.41) is 15.3. The second kappa shape index (κ2) is 8.46. The van der Waals surface area contributed by atoms with Gasteiger partial charge in [-0.25, -0.2) is 19.7 Å². The van der Waals surface area contributed by atoms with Crippen LogP contribution in [0.4, 0.5) is 10.7 Å². The van der Waals surface area contributed by atoms with Crippen LogP contribution < -0.4 is 11.1 Å². The number of likely N-dealkylation sites (tertiary alicyclic amines) is 1. The van der Waals surface area contributed by atoms with Crippen molar-refractivity contribution < 1.29 is 9.90 Å². The molecule has 0 saturated carbocycles. The number of nitrogens with zero attached hydrogens (tertiary/aromatic N) is 5. The van der Waals surface area contributed by atoms with E-state index in [0.29, 0.717) is 25.0 Å². The van der Waals surface area contributed by atoms with Gasteiger partial charge in [0.1, 0.15) is 11.4 Å². The molecule has 0 radical (unpaired) electrons. The van der Waals surface area contributed by atoms with Gasteiger partial charge in [0.15, 0.2) is 4.96 Å². The Kier molecular flexibility index (Phi) is 5.36. The van der Waals surface area contributed by atoms with Gasteiger partial charge >= 0.3 is 6.03 Å². The number of aromatic nitrogens is 4. The van der Waals surface area contributed by atoms with Crippen molar-refractivity contribution in [1.29, 1.82) is 0 Å². The molecule has 0 unspecified atom stereocenters. The quantitative estimate of drug-likeness (QED) is 0.429. The van der Waals surface area contributed by atoms with E-state index in [4.69, 9.17) is 15.7 Å². The van der Waals surface area contributed by atoms with Crippen LogP contribution >= 0.6 is 11.3 Å². The Balaban J connectivity index is 1.40. The van der Waals surface area contributed by atoms with Crippen LogP contribution in [0.3, 0.4) is 0 Å². The van der Waals surface area contributed by atoms with Gasteiger partial charge in [-0.3, -0.25) is 4.40 Å². The molecule has 0 spiro atoms. The van der Waals surface area contributed by atoms with Crippen LogP contribution in [0.15, 0.2) is 48.1 Å². The van der Waals surface area contributed by atoms with Gasteiger partial charge in [0.05, 0.1) is 11.4 Å². The summed E-state index contributed by atoms with van der Waals surface area (Å²) in [6.45, 7) is 2.10. The number of urea groups is 1. The highest BCUT2D eigenvalue weighted by Crippen LogP contribution is 2.34. The van der Waals surface area contributed by atoms with E-state index >= 15 is 0 Å². The molecule has 1 aliphatic heterocycles. The number of amides is 2. The molecular formula is C22H23N7O2S. The molecule has 4 heterocycles. The molecule has 2 amide bonds. The van der Waals surface area contributed by atoms with Crippen molar-refractivity contribution in [3.63, 3.8) is 0 Å². The highest BCUT2D eigenvalue weighted by atomic mass is 32.1. The van der Waals surface area contributed by atoms with Crippen molar-refractivity contribution in [2.45, 2.75) is 12.8 Å². The molecule has 32 heavy (non-hydrogen) atoms. The minimum atomic E-state index is -0.351. The highest BCUT2D eigenvalue weighted by Gasteiger charge is 2.22. The number of carbonyl (C=O) groups is 1. The summed E-state index contributed by atoms with van der Waals surface area (Å²) < 4.78 is 2.01.